The summed E-state index contributed by atoms with van der Waals surface area (Å²) in [4.78, 5) is 16.5. The van der Waals surface area contributed by atoms with E-state index >= 15 is 0 Å². The van der Waals surface area contributed by atoms with Gasteiger partial charge in [-0.25, -0.2) is 4.98 Å². The molecule has 0 bridgehead atoms. The second-order valence-corrected chi connectivity index (χ2v) is 4.75. The van der Waals surface area contributed by atoms with Gasteiger partial charge in [0.25, 0.3) is 5.91 Å². The molecule has 0 radical (unpaired) electrons. The maximum atomic E-state index is 12.0. The van der Waals surface area contributed by atoms with E-state index in [2.05, 4.69) is 15.4 Å². The van der Waals surface area contributed by atoms with Gasteiger partial charge >= 0.3 is 0 Å². The Hall–Kier alpha value is -1.89. The van der Waals surface area contributed by atoms with Crippen molar-refractivity contribution in [3.05, 3.63) is 22.5 Å². The fraction of sp³-hybridized carbons (Fsp3) is 0.300. The lowest BCUT2D eigenvalue weighted by Gasteiger charge is -2.01. The molecule has 2 rings (SSSR count). The van der Waals surface area contributed by atoms with Gasteiger partial charge in [-0.2, -0.15) is 5.10 Å². The highest BCUT2D eigenvalue weighted by atomic mass is 32.1. The van der Waals surface area contributed by atoms with Crippen molar-refractivity contribution in [3.8, 4) is 0 Å². The van der Waals surface area contributed by atoms with E-state index < -0.39 is 0 Å². The standard InChI is InChI=1S/C10H13N5OS/c1-5-7(4-15(3)14-5)13-9(16)8-6(2)12-10(11)17-8/h4H,1-3H3,(H2,11,12)(H,13,16). The van der Waals surface area contributed by atoms with Gasteiger partial charge in [0, 0.05) is 13.2 Å². The highest BCUT2D eigenvalue weighted by Crippen LogP contribution is 2.21. The molecule has 2 aromatic heterocycles. The van der Waals surface area contributed by atoms with Gasteiger partial charge in [0.1, 0.15) is 4.88 Å². The van der Waals surface area contributed by atoms with Crippen molar-refractivity contribution in [2.24, 2.45) is 7.05 Å². The van der Waals surface area contributed by atoms with Crippen LogP contribution in [0.4, 0.5) is 10.8 Å². The fourth-order valence-electron chi connectivity index (χ4n) is 1.53. The number of carbonyl (C=O) groups excluding carboxylic acids is 1. The predicted molar refractivity (Wildman–Crippen MR) is 67.2 cm³/mol. The predicted octanol–water partition coefficient (Wildman–Crippen LogP) is 1.33. The van der Waals surface area contributed by atoms with Gasteiger partial charge < -0.3 is 11.1 Å². The van der Waals surface area contributed by atoms with Crippen LogP contribution in [0.2, 0.25) is 0 Å². The molecule has 0 saturated heterocycles. The van der Waals surface area contributed by atoms with Gasteiger partial charge in [0.15, 0.2) is 5.13 Å². The zero-order chi connectivity index (χ0) is 12.6. The minimum atomic E-state index is -0.201. The van der Waals surface area contributed by atoms with Crippen LogP contribution in [0.3, 0.4) is 0 Å². The molecule has 0 spiro atoms. The van der Waals surface area contributed by atoms with Crippen LogP contribution in [0.25, 0.3) is 0 Å². The molecule has 2 aromatic rings. The number of amides is 1. The SMILES string of the molecule is Cc1nn(C)cc1NC(=O)c1sc(N)nc1C. The number of hydrogen-bond donors (Lipinski definition) is 2. The number of anilines is 2. The molecule has 0 unspecified atom stereocenters. The Kier molecular flexibility index (Phi) is 2.84. The molecule has 0 aliphatic carbocycles. The Morgan fingerprint density at radius 1 is 1.47 bits per heavy atom. The van der Waals surface area contributed by atoms with Crippen molar-refractivity contribution >= 4 is 28.1 Å². The Balaban J connectivity index is 2.22. The fourth-order valence-corrected chi connectivity index (χ4v) is 2.26. The molecule has 1 amide bonds. The first-order chi connectivity index (χ1) is 7.97. The maximum absolute atomic E-state index is 12.0. The number of aryl methyl sites for hydroxylation is 3. The number of nitrogen functional groups attached to an aromatic ring is 1. The first-order valence-electron chi connectivity index (χ1n) is 5.02. The van der Waals surface area contributed by atoms with Crippen LogP contribution in [0.1, 0.15) is 21.1 Å². The van der Waals surface area contributed by atoms with Crippen LogP contribution in [-0.4, -0.2) is 20.7 Å². The molecule has 2 heterocycles. The van der Waals surface area contributed by atoms with Crippen molar-refractivity contribution < 1.29 is 4.79 Å². The maximum Gasteiger partial charge on any atom is 0.267 e. The summed E-state index contributed by atoms with van der Waals surface area (Å²) in [7, 11) is 1.80. The molecule has 0 aliphatic heterocycles. The number of rotatable bonds is 2. The van der Waals surface area contributed by atoms with Crippen LogP contribution in [-0.2, 0) is 7.05 Å². The number of nitrogens with one attached hydrogen (secondary N) is 1. The Labute approximate surface area is 102 Å². The average molecular weight is 251 g/mol. The van der Waals surface area contributed by atoms with E-state index in [0.29, 0.717) is 21.4 Å². The molecule has 0 aromatic carbocycles. The normalized spacial score (nSPS) is 10.5. The number of nitrogens with zero attached hydrogens (tertiary/aromatic N) is 3. The zero-order valence-corrected chi connectivity index (χ0v) is 10.6. The van der Waals surface area contributed by atoms with Gasteiger partial charge in [-0.1, -0.05) is 11.3 Å². The largest absolute Gasteiger partial charge is 0.375 e. The van der Waals surface area contributed by atoms with E-state index in [0.717, 1.165) is 5.69 Å². The van der Waals surface area contributed by atoms with Gasteiger partial charge in [0.05, 0.1) is 17.1 Å². The molecule has 3 N–H and O–H groups in total. The molecule has 6 nitrogen and oxygen atoms in total. The van der Waals surface area contributed by atoms with Gasteiger partial charge in [-0.15, -0.1) is 0 Å². The summed E-state index contributed by atoms with van der Waals surface area (Å²) in [5, 5.41) is 7.34. The number of carbonyl (C=O) groups is 1. The van der Waals surface area contributed by atoms with Crippen molar-refractivity contribution in [2.45, 2.75) is 13.8 Å². The minimum absolute atomic E-state index is 0.201. The summed E-state index contributed by atoms with van der Waals surface area (Å²) in [5.74, 6) is -0.201. The average Bonchev–Trinajstić information content (AvgIpc) is 2.70. The number of aromatic nitrogens is 3. The summed E-state index contributed by atoms with van der Waals surface area (Å²) < 4.78 is 1.65. The Morgan fingerprint density at radius 3 is 2.65 bits per heavy atom. The van der Waals surface area contributed by atoms with Crippen LogP contribution < -0.4 is 11.1 Å². The van der Waals surface area contributed by atoms with Crippen molar-refractivity contribution in [3.63, 3.8) is 0 Å². The van der Waals surface area contributed by atoms with Crippen LogP contribution in [0.15, 0.2) is 6.20 Å². The van der Waals surface area contributed by atoms with Crippen LogP contribution >= 0.6 is 11.3 Å². The monoisotopic (exact) mass is 251 g/mol. The van der Waals surface area contributed by atoms with Crippen molar-refractivity contribution in [1.29, 1.82) is 0 Å². The van der Waals surface area contributed by atoms with Gasteiger partial charge in [-0.3, -0.25) is 9.48 Å². The molecule has 0 saturated carbocycles. The summed E-state index contributed by atoms with van der Waals surface area (Å²) in [5.41, 5.74) is 7.67. The van der Waals surface area contributed by atoms with Gasteiger partial charge in [0.2, 0.25) is 0 Å². The number of nitrogens with two attached hydrogens (primary N) is 1. The molecule has 0 aliphatic rings. The molecule has 17 heavy (non-hydrogen) atoms. The van der Waals surface area contributed by atoms with E-state index in [1.165, 1.54) is 11.3 Å². The Bertz CT molecular complexity index is 571. The summed E-state index contributed by atoms with van der Waals surface area (Å²) in [6.45, 7) is 3.60. The molecular weight excluding hydrogens is 238 g/mol. The molecule has 7 heteroatoms. The second-order valence-electron chi connectivity index (χ2n) is 3.72. The lowest BCUT2D eigenvalue weighted by molar-refractivity contribution is 0.102. The first-order valence-corrected chi connectivity index (χ1v) is 5.83. The van der Waals surface area contributed by atoms with E-state index in [-0.39, 0.29) is 5.91 Å². The third-order valence-corrected chi connectivity index (χ3v) is 3.27. The van der Waals surface area contributed by atoms with Gasteiger partial charge in [-0.05, 0) is 13.8 Å². The van der Waals surface area contributed by atoms with Crippen LogP contribution in [0.5, 0.6) is 0 Å². The molecular formula is C10H13N5OS. The highest BCUT2D eigenvalue weighted by Gasteiger charge is 2.15. The van der Waals surface area contributed by atoms with E-state index in [1.54, 1.807) is 24.9 Å². The van der Waals surface area contributed by atoms with Crippen molar-refractivity contribution in [2.75, 3.05) is 11.1 Å². The lowest BCUT2D eigenvalue weighted by atomic mass is 10.3. The quantitative estimate of drug-likeness (QED) is 0.843. The van der Waals surface area contributed by atoms with E-state index in [9.17, 15) is 4.79 Å². The van der Waals surface area contributed by atoms with Crippen molar-refractivity contribution in [1.82, 2.24) is 14.8 Å². The topological polar surface area (TPSA) is 85.8 Å². The zero-order valence-electron chi connectivity index (χ0n) is 9.81. The third kappa shape index (κ3) is 2.28. The van der Waals surface area contributed by atoms with Crippen LogP contribution in [0, 0.1) is 13.8 Å². The lowest BCUT2D eigenvalue weighted by Crippen LogP contribution is -2.11. The molecule has 0 fully saturated rings. The molecule has 90 valence electrons. The number of thiazole rings is 1. The van der Waals surface area contributed by atoms with E-state index in [1.807, 2.05) is 6.92 Å². The highest BCUT2D eigenvalue weighted by molar-refractivity contribution is 7.17. The molecule has 0 atom stereocenters. The number of hydrogen-bond acceptors (Lipinski definition) is 5. The summed E-state index contributed by atoms with van der Waals surface area (Å²) in [6, 6.07) is 0. The first kappa shape index (κ1) is 11.6. The summed E-state index contributed by atoms with van der Waals surface area (Å²) in [6.07, 6.45) is 1.76. The summed E-state index contributed by atoms with van der Waals surface area (Å²) >= 11 is 1.18. The van der Waals surface area contributed by atoms with E-state index in [4.69, 9.17) is 5.73 Å². The second kappa shape index (κ2) is 4.17. The minimum Gasteiger partial charge on any atom is -0.375 e. The Morgan fingerprint density at radius 2 is 2.18 bits per heavy atom. The third-order valence-electron chi connectivity index (χ3n) is 2.28. The smallest absolute Gasteiger partial charge is 0.267 e.